The van der Waals surface area contributed by atoms with Crippen LogP contribution in [0.15, 0.2) is 109 Å². The average molecular weight is 531 g/mol. The smallest absolute Gasteiger partial charge is 0.223 e. The fourth-order valence-corrected chi connectivity index (χ4v) is 5.52. The van der Waals surface area contributed by atoms with Crippen molar-refractivity contribution >= 4 is 16.8 Å². The minimum atomic E-state index is -0.126. The fourth-order valence-electron chi connectivity index (χ4n) is 5.52. The highest BCUT2D eigenvalue weighted by Crippen LogP contribution is 2.37. The number of carbonyl (C=O) groups excluding carboxylic acids is 1. The standard InChI is InChI=1S/C35H34N2O3/c1-26-14-16-27(17-15-26)24-37-25-33(31-12-5-6-13-34(31)37)32(23-35(38)36-18-20-39-21-19-36)28-8-7-11-30(22-28)40-29-9-3-2-4-10-29/h2-17,22,25,32H,18-21,23-24H2,1H3/t32-/m0/s1. The van der Waals surface area contributed by atoms with Crippen LogP contribution in [0.5, 0.6) is 11.5 Å². The van der Waals surface area contributed by atoms with Crippen LogP contribution >= 0.6 is 0 Å². The van der Waals surface area contributed by atoms with Crippen LogP contribution in [0.2, 0.25) is 0 Å². The third kappa shape index (κ3) is 5.80. The lowest BCUT2D eigenvalue weighted by Gasteiger charge is -2.29. The number of hydrogen-bond donors (Lipinski definition) is 0. The summed E-state index contributed by atoms with van der Waals surface area (Å²) in [6, 6.07) is 35.2. The maximum Gasteiger partial charge on any atom is 0.223 e. The summed E-state index contributed by atoms with van der Waals surface area (Å²) in [4.78, 5) is 15.6. The summed E-state index contributed by atoms with van der Waals surface area (Å²) in [7, 11) is 0. The molecule has 1 aromatic heterocycles. The summed E-state index contributed by atoms with van der Waals surface area (Å²) in [6.45, 7) is 5.33. The number of aryl methyl sites for hydroxylation is 1. The van der Waals surface area contributed by atoms with Crippen LogP contribution in [0.4, 0.5) is 0 Å². The number of benzene rings is 4. The van der Waals surface area contributed by atoms with Crippen molar-refractivity contribution in [3.63, 3.8) is 0 Å². The Morgan fingerprint density at radius 2 is 1.57 bits per heavy atom. The van der Waals surface area contributed by atoms with Gasteiger partial charge in [0.25, 0.3) is 0 Å². The van der Waals surface area contributed by atoms with Crippen LogP contribution in [-0.4, -0.2) is 41.7 Å². The third-order valence-corrected chi connectivity index (χ3v) is 7.65. The number of amides is 1. The number of hydrogen-bond acceptors (Lipinski definition) is 3. The molecule has 1 fully saturated rings. The molecule has 0 radical (unpaired) electrons. The summed E-state index contributed by atoms with van der Waals surface area (Å²) in [6.07, 6.45) is 2.62. The molecule has 1 aliphatic heterocycles. The number of aromatic nitrogens is 1. The monoisotopic (exact) mass is 530 g/mol. The van der Waals surface area contributed by atoms with E-state index in [-0.39, 0.29) is 11.8 Å². The predicted octanol–water partition coefficient (Wildman–Crippen LogP) is 7.17. The molecular weight excluding hydrogens is 496 g/mol. The highest BCUT2D eigenvalue weighted by molar-refractivity contribution is 5.87. The maximum atomic E-state index is 13.6. The van der Waals surface area contributed by atoms with Gasteiger partial charge < -0.3 is 18.9 Å². The Labute approximate surface area is 235 Å². The number of rotatable bonds is 8. The van der Waals surface area contributed by atoms with Crippen LogP contribution in [0.1, 0.15) is 34.6 Å². The highest BCUT2D eigenvalue weighted by atomic mass is 16.5. The van der Waals surface area contributed by atoms with E-state index in [9.17, 15) is 4.79 Å². The summed E-state index contributed by atoms with van der Waals surface area (Å²) >= 11 is 0. The van der Waals surface area contributed by atoms with Crippen LogP contribution in [-0.2, 0) is 16.1 Å². The van der Waals surface area contributed by atoms with Gasteiger partial charge in [-0.1, -0.05) is 78.4 Å². The lowest BCUT2D eigenvalue weighted by molar-refractivity contribution is -0.135. The Morgan fingerprint density at radius 3 is 2.38 bits per heavy atom. The van der Waals surface area contributed by atoms with E-state index in [0.29, 0.717) is 32.7 Å². The van der Waals surface area contributed by atoms with Gasteiger partial charge in [0.2, 0.25) is 5.91 Å². The molecule has 0 spiro atoms. The molecule has 1 saturated heterocycles. The first-order valence-corrected chi connectivity index (χ1v) is 14.0. The first-order chi connectivity index (χ1) is 19.6. The zero-order valence-corrected chi connectivity index (χ0v) is 22.8. The molecule has 2 heterocycles. The Balaban J connectivity index is 1.40. The van der Waals surface area contributed by atoms with Crippen molar-refractivity contribution in [2.75, 3.05) is 26.3 Å². The normalized spacial score (nSPS) is 14.3. The van der Waals surface area contributed by atoms with E-state index in [4.69, 9.17) is 9.47 Å². The molecule has 40 heavy (non-hydrogen) atoms. The molecule has 0 N–H and O–H groups in total. The number of morpholine rings is 1. The minimum Gasteiger partial charge on any atom is -0.457 e. The molecule has 1 aliphatic rings. The lowest BCUT2D eigenvalue weighted by Crippen LogP contribution is -2.41. The van der Waals surface area contributed by atoms with Crippen LogP contribution in [0.25, 0.3) is 10.9 Å². The molecule has 5 heteroatoms. The molecule has 4 aromatic carbocycles. The second kappa shape index (κ2) is 11.8. The average Bonchev–Trinajstić information content (AvgIpc) is 3.36. The Bertz CT molecular complexity index is 1580. The van der Waals surface area contributed by atoms with Gasteiger partial charge in [0.15, 0.2) is 0 Å². The number of fused-ring (bicyclic) bond motifs is 1. The Morgan fingerprint density at radius 1 is 0.850 bits per heavy atom. The van der Waals surface area contributed by atoms with E-state index in [2.05, 4.69) is 78.4 Å². The Kier molecular flexibility index (Phi) is 7.64. The van der Waals surface area contributed by atoms with Gasteiger partial charge in [-0.3, -0.25) is 4.79 Å². The van der Waals surface area contributed by atoms with Gasteiger partial charge in [0, 0.05) is 49.1 Å². The summed E-state index contributed by atoms with van der Waals surface area (Å²) < 4.78 is 14.0. The zero-order valence-electron chi connectivity index (χ0n) is 22.8. The number of ether oxygens (including phenoxy) is 2. The molecule has 5 aromatic rings. The van der Waals surface area contributed by atoms with E-state index in [1.807, 2.05) is 47.4 Å². The second-order valence-electron chi connectivity index (χ2n) is 10.5. The number of carbonyl (C=O) groups is 1. The SMILES string of the molecule is Cc1ccc(Cn2cc([C@@H](CC(=O)N3CCOCC3)c3cccc(Oc4ccccc4)c3)c3ccccc32)cc1. The molecular formula is C35H34N2O3. The molecule has 202 valence electrons. The quantitative estimate of drug-likeness (QED) is 0.214. The Hall–Kier alpha value is -4.35. The molecule has 5 nitrogen and oxygen atoms in total. The first kappa shape index (κ1) is 25.9. The molecule has 0 aliphatic carbocycles. The van der Waals surface area contributed by atoms with Gasteiger partial charge in [-0.15, -0.1) is 0 Å². The van der Waals surface area contributed by atoms with E-state index in [1.165, 1.54) is 22.0 Å². The molecule has 6 rings (SSSR count). The van der Waals surface area contributed by atoms with Crippen molar-refractivity contribution in [1.82, 2.24) is 9.47 Å². The van der Waals surface area contributed by atoms with Crippen LogP contribution in [0.3, 0.4) is 0 Å². The summed E-state index contributed by atoms with van der Waals surface area (Å²) in [5.41, 5.74) is 5.88. The topological polar surface area (TPSA) is 43.7 Å². The van der Waals surface area contributed by atoms with Gasteiger partial charge >= 0.3 is 0 Å². The molecule has 0 saturated carbocycles. The predicted molar refractivity (Wildman–Crippen MR) is 159 cm³/mol. The van der Waals surface area contributed by atoms with Gasteiger partial charge in [-0.25, -0.2) is 0 Å². The van der Waals surface area contributed by atoms with Crippen molar-refractivity contribution < 1.29 is 14.3 Å². The summed E-state index contributed by atoms with van der Waals surface area (Å²) in [5.74, 6) is 1.57. The molecule has 1 atom stereocenters. The van der Waals surface area contributed by atoms with Gasteiger partial charge in [-0.05, 0) is 53.9 Å². The molecule has 0 bridgehead atoms. The van der Waals surface area contributed by atoms with Crippen molar-refractivity contribution in [3.05, 3.63) is 132 Å². The van der Waals surface area contributed by atoms with Crippen molar-refractivity contribution in [3.8, 4) is 11.5 Å². The number of nitrogens with zero attached hydrogens (tertiary/aromatic N) is 2. The van der Waals surface area contributed by atoms with Gasteiger partial charge in [0.1, 0.15) is 11.5 Å². The third-order valence-electron chi connectivity index (χ3n) is 7.65. The van der Waals surface area contributed by atoms with E-state index >= 15 is 0 Å². The fraction of sp³-hybridized carbons (Fsp3) is 0.229. The van der Waals surface area contributed by atoms with Crippen LogP contribution in [0, 0.1) is 6.92 Å². The zero-order chi connectivity index (χ0) is 27.3. The second-order valence-corrected chi connectivity index (χ2v) is 10.5. The van der Waals surface area contributed by atoms with Gasteiger partial charge in [-0.2, -0.15) is 0 Å². The van der Waals surface area contributed by atoms with E-state index in [1.54, 1.807) is 0 Å². The van der Waals surface area contributed by atoms with Crippen molar-refractivity contribution in [1.29, 1.82) is 0 Å². The molecule has 1 amide bonds. The summed E-state index contributed by atoms with van der Waals surface area (Å²) in [5, 5.41) is 1.17. The largest absolute Gasteiger partial charge is 0.457 e. The van der Waals surface area contributed by atoms with Gasteiger partial charge in [0.05, 0.1) is 13.2 Å². The maximum absolute atomic E-state index is 13.6. The van der Waals surface area contributed by atoms with E-state index < -0.39 is 0 Å². The molecule has 0 unspecified atom stereocenters. The van der Waals surface area contributed by atoms with Crippen molar-refractivity contribution in [2.24, 2.45) is 0 Å². The first-order valence-electron chi connectivity index (χ1n) is 14.0. The van der Waals surface area contributed by atoms with Crippen LogP contribution < -0.4 is 4.74 Å². The van der Waals surface area contributed by atoms with E-state index in [0.717, 1.165) is 29.2 Å². The lowest BCUT2D eigenvalue weighted by atomic mass is 9.87. The highest BCUT2D eigenvalue weighted by Gasteiger charge is 2.26. The minimum absolute atomic E-state index is 0.126. The van der Waals surface area contributed by atoms with Crippen molar-refractivity contribution in [2.45, 2.75) is 25.8 Å². The number of para-hydroxylation sites is 2.